The molecule has 14 heteroatoms. The molecule has 2 saturated heterocycles. The molecule has 0 unspecified atom stereocenters. The van der Waals surface area contributed by atoms with Gasteiger partial charge in [0.1, 0.15) is 28.0 Å². The highest BCUT2D eigenvalue weighted by molar-refractivity contribution is 7.17. The maximum atomic E-state index is 14.0. The Bertz CT molecular complexity index is 1750. The first kappa shape index (κ1) is 30.1. The van der Waals surface area contributed by atoms with Crippen molar-refractivity contribution in [3.05, 3.63) is 83.5 Å². The van der Waals surface area contributed by atoms with Gasteiger partial charge in [-0.15, -0.1) is 0 Å². The summed E-state index contributed by atoms with van der Waals surface area (Å²) in [6.07, 6.45) is 4.00. The number of para-hydroxylation sites is 1. The number of aliphatic hydroxyl groups is 1. The molecule has 2 fully saturated rings. The second-order valence-corrected chi connectivity index (χ2v) is 11.7. The number of rotatable bonds is 8. The van der Waals surface area contributed by atoms with E-state index in [0.717, 1.165) is 46.1 Å². The second kappa shape index (κ2) is 12.6. The van der Waals surface area contributed by atoms with E-state index < -0.39 is 29.3 Å². The van der Waals surface area contributed by atoms with E-state index in [0.29, 0.717) is 55.9 Å². The number of carbonyl (C=O) groups excluding carboxylic acids is 2. The lowest BCUT2D eigenvalue weighted by molar-refractivity contribution is -0.126. The Morgan fingerprint density at radius 3 is 2.47 bits per heavy atom. The quantitative estimate of drug-likeness (QED) is 0.245. The van der Waals surface area contributed by atoms with Crippen LogP contribution in [0.1, 0.15) is 15.2 Å². The number of hydrogen-bond donors (Lipinski definition) is 3. The molecule has 45 heavy (non-hydrogen) atoms. The van der Waals surface area contributed by atoms with Gasteiger partial charge in [0.15, 0.2) is 10.9 Å². The van der Waals surface area contributed by atoms with Crippen LogP contribution in [-0.2, 0) is 4.79 Å². The number of aliphatic hydroxyl groups excluding tert-OH is 1. The Hall–Kier alpha value is -4.95. The van der Waals surface area contributed by atoms with Crippen molar-refractivity contribution in [2.24, 2.45) is 0 Å². The number of piperazine rings is 1. The van der Waals surface area contributed by atoms with Gasteiger partial charge in [0, 0.05) is 51.0 Å². The van der Waals surface area contributed by atoms with Gasteiger partial charge in [-0.3, -0.25) is 9.59 Å². The zero-order chi connectivity index (χ0) is 31.7. The Morgan fingerprint density at radius 1 is 1.04 bits per heavy atom. The van der Waals surface area contributed by atoms with Gasteiger partial charge in [0.25, 0.3) is 5.91 Å². The number of hydrogen-bond acceptors (Lipinski definition) is 10. The number of benzene rings is 1. The number of aryl methyl sites for hydroxylation is 1. The number of nitrogens with zero attached hydrogens (tertiary/aromatic N) is 6. The van der Waals surface area contributed by atoms with Crippen LogP contribution in [-0.4, -0.2) is 82.1 Å². The number of β-amino-alcohol motifs (C(OH)–C–C–N with tert-alkyl or cyclic N) is 1. The summed E-state index contributed by atoms with van der Waals surface area (Å²) >= 11 is 1.02. The van der Waals surface area contributed by atoms with Crippen LogP contribution in [0.2, 0.25) is 0 Å². The van der Waals surface area contributed by atoms with Gasteiger partial charge in [0.2, 0.25) is 5.91 Å². The van der Waals surface area contributed by atoms with Crippen LogP contribution in [0.25, 0.3) is 11.3 Å². The zero-order valence-electron chi connectivity index (χ0n) is 24.3. The lowest BCUT2D eigenvalue weighted by Gasteiger charge is -2.42. The third-order valence-corrected chi connectivity index (χ3v) is 8.58. The van der Waals surface area contributed by atoms with Crippen molar-refractivity contribution in [1.82, 2.24) is 19.9 Å². The number of amides is 2. The standard InChI is InChI=1S/C31H30F2N8O3S/c1-3-26(43)39-9-11-40(12-10-39)29-24(41-16-20(42)17-41)13-19(14-34-29)23-8-7-18(2)28(36-23)38-31-35-15-25(45-31)30(44)37-27-21(32)5-4-6-22(27)33/h3-8,13-15,20,42H,1,9-12,16-17H2,2H3,(H,37,44)(H,35,36,38). The Morgan fingerprint density at radius 2 is 1.78 bits per heavy atom. The molecule has 11 nitrogen and oxygen atoms in total. The minimum atomic E-state index is -0.874. The molecule has 4 aromatic rings. The predicted molar refractivity (Wildman–Crippen MR) is 169 cm³/mol. The van der Waals surface area contributed by atoms with Gasteiger partial charge in [-0.1, -0.05) is 30.0 Å². The van der Waals surface area contributed by atoms with Crippen LogP contribution in [0.3, 0.4) is 0 Å². The van der Waals surface area contributed by atoms with Crippen molar-refractivity contribution >= 4 is 51.3 Å². The number of halogens is 2. The molecule has 0 radical (unpaired) electrons. The molecular formula is C31H30F2N8O3S. The van der Waals surface area contributed by atoms with Gasteiger partial charge in [0.05, 0.1) is 23.7 Å². The summed E-state index contributed by atoms with van der Waals surface area (Å²) in [5, 5.41) is 15.8. The molecule has 2 amide bonds. The summed E-state index contributed by atoms with van der Waals surface area (Å²) < 4.78 is 28.0. The monoisotopic (exact) mass is 632 g/mol. The predicted octanol–water partition coefficient (Wildman–Crippen LogP) is 4.20. The Kier molecular flexibility index (Phi) is 8.41. The van der Waals surface area contributed by atoms with Gasteiger partial charge in [-0.2, -0.15) is 0 Å². The maximum Gasteiger partial charge on any atom is 0.267 e. The molecule has 0 atom stereocenters. The van der Waals surface area contributed by atoms with Gasteiger partial charge in [-0.05, 0) is 42.8 Å². The summed E-state index contributed by atoms with van der Waals surface area (Å²) in [6, 6.07) is 9.14. The van der Waals surface area contributed by atoms with Crippen LogP contribution < -0.4 is 20.4 Å². The fraction of sp³-hybridized carbons (Fsp3) is 0.258. The number of carbonyl (C=O) groups is 2. The van der Waals surface area contributed by atoms with E-state index in [-0.39, 0.29) is 10.8 Å². The first-order valence-corrected chi connectivity index (χ1v) is 15.1. The molecule has 0 saturated carbocycles. The van der Waals surface area contributed by atoms with Crippen LogP contribution in [0.15, 0.2) is 61.4 Å². The van der Waals surface area contributed by atoms with Crippen molar-refractivity contribution in [3.8, 4) is 11.3 Å². The van der Waals surface area contributed by atoms with Gasteiger partial charge >= 0.3 is 0 Å². The highest BCUT2D eigenvalue weighted by Crippen LogP contribution is 2.35. The lowest BCUT2D eigenvalue weighted by Crippen LogP contribution is -2.52. The number of thiazole rings is 1. The summed E-state index contributed by atoms with van der Waals surface area (Å²) in [5.41, 5.74) is 2.60. The van der Waals surface area contributed by atoms with E-state index in [4.69, 9.17) is 9.97 Å². The first-order valence-electron chi connectivity index (χ1n) is 14.3. The molecule has 2 aliphatic heterocycles. The summed E-state index contributed by atoms with van der Waals surface area (Å²) in [5.74, 6) is -1.23. The third kappa shape index (κ3) is 6.33. The fourth-order valence-corrected chi connectivity index (χ4v) is 5.84. The number of aromatic nitrogens is 3. The van der Waals surface area contributed by atoms with Crippen molar-refractivity contribution < 1.29 is 23.5 Å². The van der Waals surface area contributed by atoms with Crippen LogP contribution in [0.4, 0.5) is 36.9 Å². The van der Waals surface area contributed by atoms with E-state index in [9.17, 15) is 23.5 Å². The average Bonchev–Trinajstić information content (AvgIpc) is 3.50. The van der Waals surface area contributed by atoms with Crippen LogP contribution in [0, 0.1) is 18.6 Å². The molecule has 0 spiro atoms. The second-order valence-electron chi connectivity index (χ2n) is 10.7. The molecule has 0 bridgehead atoms. The number of pyridine rings is 2. The van der Waals surface area contributed by atoms with Gasteiger partial charge < -0.3 is 30.4 Å². The van der Waals surface area contributed by atoms with E-state index >= 15 is 0 Å². The molecule has 3 aromatic heterocycles. The molecule has 5 heterocycles. The normalized spacial score (nSPS) is 15.1. The number of anilines is 5. The molecule has 2 aliphatic rings. The fourth-order valence-electron chi connectivity index (χ4n) is 5.13. The van der Waals surface area contributed by atoms with E-state index in [1.54, 1.807) is 11.1 Å². The molecule has 3 N–H and O–H groups in total. The zero-order valence-corrected chi connectivity index (χ0v) is 25.2. The maximum absolute atomic E-state index is 14.0. The Labute approximate surface area is 261 Å². The molecule has 6 rings (SSSR count). The van der Waals surface area contributed by atoms with E-state index in [1.165, 1.54) is 18.3 Å². The van der Waals surface area contributed by atoms with E-state index in [1.807, 2.05) is 25.1 Å². The number of nitrogens with one attached hydrogen (secondary N) is 2. The van der Waals surface area contributed by atoms with Crippen LogP contribution in [0.5, 0.6) is 0 Å². The van der Waals surface area contributed by atoms with Crippen LogP contribution >= 0.6 is 11.3 Å². The Balaban J connectivity index is 1.21. The van der Waals surface area contributed by atoms with Crippen molar-refractivity contribution in [2.75, 3.05) is 59.7 Å². The summed E-state index contributed by atoms with van der Waals surface area (Å²) in [6.45, 7) is 8.80. The van der Waals surface area contributed by atoms with E-state index in [2.05, 4.69) is 32.0 Å². The lowest BCUT2D eigenvalue weighted by atomic mass is 10.1. The minimum Gasteiger partial charge on any atom is -0.389 e. The highest BCUT2D eigenvalue weighted by Gasteiger charge is 2.30. The van der Waals surface area contributed by atoms with Crippen molar-refractivity contribution in [2.45, 2.75) is 13.0 Å². The molecular weight excluding hydrogens is 602 g/mol. The summed E-state index contributed by atoms with van der Waals surface area (Å²) in [4.78, 5) is 44.7. The first-order chi connectivity index (χ1) is 21.7. The third-order valence-electron chi connectivity index (χ3n) is 7.66. The smallest absolute Gasteiger partial charge is 0.267 e. The average molecular weight is 633 g/mol. The molecule has 232 valence electrons. The summed E-state index contributed by atoms with van der Waals surface area (Å²) in [7, 11) is 0. The highest BCUT2D eigenvalue weighted by atomic mass is 32.1. The van der Waals surface area contributed by atoms with Gasteiger partial charge in [-0.25, -0.2) is 23.7 Å². The molecule has 1 aromatic carbocycles. The topological polar surface area (TPSA) is 127 Å². The largest absolute Gasteiger partial charge is 0.389 e. The van der Waals surface area contributed by atoms with Crippen molar-refractivity contribution in [3.63, 3.8) is 0 Å². The van der Waals surface area contributed by atoms with Crippen molar-refractivity contribution in [1.29, 1.82) is 0 Å². The molecule has 0 aliphatic carbocycles. The minimum absolute atomic E-state index is 0.0888. The SMILES string of the molecule is C=CC(=O)N1CCN(c2ncc(-c3ccc(C)c(Nc4ncc(C(=O)Nc5c(F)cccc5F)s4)n3)cc2N2CC(O)C2)CC1.